The van der Waals surface area contributed by atoms with Gasteiger partial charge in [0.2, 0.25) is 5.91 Å². The number of aromatic nitrogens is 2. The minimum Gasteiger partial charge on any atom is -0.465 e. The van der Waals surface area contributed by atoms with E-state index in [0.717, 1.165) is 0 Å². The molecular weight excluding hydrogens is 402 g/mol. The zero-order chi connectivity index (χ0) is 21.7. The van der Waals surface area contributed by atoms with Gasteiger partial charge in [-0.1, -0.05) is 30.0 Å². The number of carbonyl (C=O) groups excluding carboxylic acids is 2. The summed E-state index contributed by atoms with van der Waals surface area (Å²) in [5.41, 5.74) is 1.09. The fourth-order valence-electron chi connectivity index (χ4n) is 3.11. The topological polar surface area (TPSA) is 81.5 Å². The molecule has 1 heterocycles. The van der Waals surface area contributed by atoms with E-state index in [9.17, 15) is 14.4 Å². The van der Waals surface area contributed by atoms with E-state index in [4.69, 9.17) is 4.74 Å². The number of hydrogen-bond donors (Lipinski definition) is 0. The van der Waals surface area contributed by atoms with Crippen molar-refractivity contribution in [3.05, 3.63) is 64.4 Å². The number of benzene rings is 2. The molecule has 0 radical (unpaired) electrons. The van der Waals surface area contributed by atoms with Crippen LogP contribution in [-0.2, 0) is 9.53 Å². The Balaban J connectivity index is 2.12. The van der Waals surface area contributed by atoms with E-state index in [1.807, 2.05) is 44.2 Å². The third-order valence-corrected chi connectivity index (χ3v) is 5.64. The van der Waals surface area contributed by atoms with Crippen LogP contribution in [0.15, 0.2) is 58.5 Å². The Bertz CT molecular complexity index is 1120. The van der Waals surface area contributed by atoms with E-state index in [0.29, 0.717) is 40.4 Å². The van der Waals surface area contributed by atoms with E-state index in [-0.39, 0.29) is 17.2 Å². The maximum absolute atomic E-state index is 13.3. The van der Waals surface area contributed by atoms with Gasteiger partial charge in [-0.05, 0) is 44.2 Å². The Hall–Kier alpha value is -3.13. The van der Waals surface area contributed by atoms with Gasteiger partial charge in [-0.15, -0.1) is 0 Å². The molecule has 156 valence electrons. The number of carbonyl (C=O) groups is 2. The predicted molar refractivity (Wildman–Crippen MR) is 117 cm³/mol. The summed E-state index contributed by atoms with van der Waals surface area (Å²) in [4.78, 5) is 44.0. The van der Waals surface area contributed by atoms with Crippen molar-refractivity contribution in [2.75, 3.05) is 26.0 Å². The van der Waals surface area contributed by atoms with E-state index in [1.165, 1.54) is 29.5 Å². The zero-order valence-corrected chi connectivity index (χ0v) is 17.9. The molecule has 0 atom stereocenters. The van der Waals surface area contributed by atoms with Gasteiger partial charge in [0.1, 0.15) is 0 Å². The lowest BCUT2D eigenvalue weighted by Gasteiger charge is -2.19. The molecule has 0 saturated carbocycles. The van der Waals surface area contributed by atoms with Crippen LogP contribution in [0.1, 0.15) is 24.2 Å². The first-order chi connectivity index (χ1) is 14.5. The summed E-state index contributed by atoms with van der Waals surface area (Å²) in [5.74, 6) is -0.373. The summed E-state index contributed by atoms with van der Waals surface area (Å²) in [6.45, 7) is 5.09. The van der Waals surface area contributed by atoms with Crippen LogP contribution >= 0.6 is 11.8 Å². The van der Waals surface area contributed by atoms with Gasteiger partial charge in [0.15, 0.2) is 5.16 Å². The molecule has 30 heavy (non-hydrogen) atoms. The number of amides is 1. The first-order valence-electron chi connectivity index (χ1n) is 9.61. The van der Waals surface area contributed by atoms with Crippen LogP contribution in [0.25, 0.3) is 16.6 Å². The van der Waals surface area contributed by atoms with E-state index < -0.39 is 5.97 Å². The average molecular weight is 426 g/mol. The summed E-state index contributed by atoms with van der Waals surface area (Å²) >= 11 is 1.20. The molecule has 0 aliphatic carbocycles. The van der Waals surface area contributed by atoms with Crippen molar-refractivity contribution >= 4 is 34.5 Å². The van der Waals surface area contributed by atoms with E-state index in [2.05, 4.69) is 4.98 Å². The van der Waals surface area contributed by atoms with Crippen LogP contribution in [0, 0.1) is 0 Å². The summed E-state index contributed by atoms with van der Waals surface area (Å²) in [6, 6.07) is 13.8. The minimum atomic E-state index is -0.503. The number of methoxy groups -OCH3 is 1. The molecule has 0 aliphatic rings. The van der Waals surface area contributed by atoms with Crippen molar-refractivity contribution in [2.24, 2.45) is 0 Å². The molecule has 0 unspecified atom stereocenters. The van der Waals surface area contributed by atoms with Crippen molar-refractivity contribution in [1.29, 1.82) is 0 Å². The van der Waals surface area contributed by atoms with Crippen molar-refractivity contribution in [3.8, 4) is 5.69 Å². The SMILES string of the molecule is CCN(CC)C(=O)CSc1nc2cc(C(=O)OC)ccc2c(=O)n1-c1ccccc1. The van der Waals surface area contributed by atoms with Crippen LogP contribution in [-0.4, -0.2) is 52.3 Å². The maximum Gasteiger partial charge on any atom is 0.337 e. The molecule has 3 rings (SSSR count). The summed E-state index contributed by atoms with van der Waals surface area (Å²) in [6.07, 6.45) is 0. The fraction of sp³-hybridized carbons (Fsp3) is 0.273. The highest BCUT2D eigenvalue weighted by Crippen LogP contribution is 2.22. The van der Waals surface area contributed by atoms with Crippen LogP contribution < -0.4 is 5.56 Å². The summed E-state index contributed by atoms with van der Waals surface area (Å²) in [5, 5.41) is 0.771. The molecule has 0 N–H and O–H groups in total. The van der Waals surface area contributed by atoms with Crippen molar-refractivity contribution in [1.82, 2.24) is 14.5 Å². The largest absolute Gasteiger partial charge is 0.465 e. The first-order valence-corrected chi connectivity index (χ1v) is 10.6. The zero-order valence-electron chi connectivity index (χ0n) is 17.1. The quantitative estimate of drug-likeness (QED) is 0.329. The molecule has 7 nitrogen and oxygen atoms in total. The first kappa shape index (κ1) is 21.6. The molecule has 0 fully saturated rings. The number of nitrogens with zero attached hydrogens (tertiary/aromatic N) is 3. The number of rotatable bonds is 7. The third-order valence-electron chi connectivity index (χ3n) is 4.71. The van der Waals surface area contributed by atoms with Crippen molar-refractivity contribution < 1.29 is 14.3 Å². The van der Waals surface area contributed by atoms with E-state index in [1.54, 1.807) is 17.0 Å². The summed E-state index contributed by atoms with van der Waals surface area (Å²) in [7, 11) is 1.30. The number of thioether (sulfide) groups is 1. The second kappa shape index (κ2) is 9.58. The lowest BCUT2D eigenvalue weighted by Crippen LogP contribution is -2.32. The normalized spacial score (nSPS) is 10.8. The van der Waals surface area contributed by atoms with Gasteiger partial charge in [0.25, 0.3) is 5.56 Å². The van der Waals surface area contributed by atoms with Gasteiger partial charge in [0.05, 0.1) is 35.0 Å². The van der Waals surface area contributed by atoms with Gasteiger partial charge < -0.3 is 9.64 Å². The number of hydrogen-bond acceptors (Lipinski definition) is 6. The Labute approximate surface area is 178 Å². The molecular formula is C22H23N3O4S. The van der Waals surface area contributed by atoms with Gasteiger partial charge in [-0.3, -0.25) is 14.2 Å². The second-order valence-electron chi connectivity index (χ2n) is 6.45. The van der Waals surface area contributed by atoms with Crippen LogP contribution in [0.3, 0.4) is 0 Å². The van der Waals surface area contributed by atoms with Gasteiger partial charge in [-0.2, -0.15) is 0 Å². The lowest BCUT2D eigenvalue weighted by molar-refractivity contribution is -0.127. The fourth-order valence-corrected chi connectivity index (χ4v) is 4.02. The smallest absolute Gasteiger partial charge is 0.337 e. The standard InChI is InChI=1S/C22H23N3O4S/c1-4-24(5-2)19(26)14-30-22-23-18-13-15(21(28)29-3)11-12-17(18)20(27)25(22)16-9-7-6-8-10-16/h6-13H,4-5,14H2,1-3H3. The van der Waals surface area contributed by atoms with Crippen molar-refractivity contribution in [3.63, 3.8) is 0 Å². The average Bonchev–Trinajstić information content (AvgIpc) is 2.78. The number of para-hydroxylation sites is 1. The monoisotopic (exact) mass is 425 g/mol. The van der Waals surface area contributed by atoms with E-state index >= 15 is 0 Å². The predicted octanol–water partition coefficient (Wildman–Crippen LogP) is 3.13. The molecule has 8 heteroatoms. The molecule has 0 saturated heterocycles. The Morgan fingerprint density at radius 1 is 1.10 bits per heavy atom. The highest BCUT2D eigenvalue weighted by Gasteiger charge is 2.18. The Morgan fingerprint density at radius 3 is 2.43 bits per heavy atom. The van der Waals surface area contributed by atoms with Crippen molar-refractivity contribution in [2.45, 2.75) is 19.0 Å². The minimum absolute atomic E-state index is 0.0257. The Morgan fingerprint density at radius 2 is 1.80 bits per heavy atom. The third kappa shape index (κ3) is 4.38. The molecule has 0 bridgehead atoms. The van der Waals surface area contributed by atoms with Gasteiger partial charge in [0, 0.05) is 13.1 Å². The molecule has 0 spiro atoms. The molecule has 2 aromatic carbocycles. The Kier molecular flexibility index (Phi) is 6.89. The lowest BCUT2D eigenvalue weighted by atomic mass is 10.1. The number of esters is 1. The highest BCUT2D eigenvalue weighted by atomic mass is 32.2. The maximum atomic E-state index is 13.3. The van der Waals surface area contributed by atoms with Crippen LogP contribution in [0.2, 0.25) is 0 Å². The molecule has 0 aliphatic heterocycles. The highest BCUT2D eigenvalue weighted by molar-refractivity contribution is 7.99. The van der Waals surface area contributed by atoms with Crippen LogP contribution in [0.5, 0.6) is 0 Å². The number of fused-ring (bicyclic) bond motifs is 1. The molecule has 1 amide bonds. The molecule has 3 aromatic rings. The second-order valence-corrected chi connectivity index (χ2v) is 7.39. The van der Waals surface area contributed by atoms with Gasteiger partial charge in [-0.25, -0.2) is 9.78 Å². The van der Waals surface area contributed by atoms with Gasteiger partial charge >= 0.3 is 5.97 Å². The summed E-state index contributed by atoms with van der Waals surface area (Å²) < 4.78 is 6.26. The molecule has 1 aromatic heterocycles. The number of ether oxygens (including phenoxy) is 1. The van der Waals surface area contributed by atoms with Crippen LogP contribution in [0.4, 0.5) is 0 Å².